The van der Waals surface area contributed by atoms with Gasteiger partial charge in [0.15, 0.2) is 5.82 Å². The molecular weight excluding hydrogens is 220 g/mol. The van der Waals surface area contributed by atoms with Gasteiger partial charge in [-0.1, -0.05) is 12.1 Å². The lowest BCUT2D eigenvalue weighted by Gasteiger charge is -2.22. The van der Waals surface area contributed by atoms with Crippen molar-refractivity contribution in [2.75, 3.05) is 0 Å². The van der Waals surface area contributed by atoms with Crippen molar-refractivity contribution >= 4 is 0 Å². The second kappa shape index (κ2) is 4.14. The number of rotatable bonds is 3. The first kappa shape index (κ1) is 11.5. The summed E-state index contributed by atoms with van der Waals surface area (Å²) >= 11 is 0. The van der Waals surface area contributed by atoms with Crippen molar-refractivity contribution in [2.45, 2.75) is 18.9 Å². The number of hydrogen-bond acceptors (Lipinski definition) is 5. The Labute approximate surface area is 98.5 Å². The van der Waals surface area contributed by atoms with Crippen LogP contribution in [0.15, 0.2) is 24.3 Å². The number of tetrazole rings is 1. The summed E-state index contributed by atoms with van der Waals surface area (Å²) in [5.41, 5.74) is -0.390. The van der Waals surface area contributed by atoms with E-state index in [0.717, 1.165) is 0 Å². The van der Waals surface area contributed by atoms with Gasteiger partial charge < -0.3 is 10.2 Å². The maximum absolute atomic E-state index is 10.3. The summed E-state index contributed by atoms with van der Waals surface area (Å²) in [6.45, 7) is 1.68. The van der Waals surface area contributed by atoms with Crippen LogP contribution < -0.4 is 0 Å². The maximum Gasteiger partial charge on any atom is 0.178 e. The monoisotopic (exact) mass is 234 g/mol. The summed E-state index contributed by atoms with van der Waals surface area (Å²) in [4.78, 5) is 1.35. The first-order chi connectivity index (χ1) is 7.97. The van der Waals surface area contributed by atoms with Gasteiger partial charge in [-0.3, -0.25) is 0 Å². The van der Waals surface area contributed by atoms with Gasteiger partial charge >= 0.3 is 0 Å². The number of aromatic hydroxyl groups is 1. The Kier molecular flexibility index (Phi) is 2.81. The zero-order chi connectivity index (χ0) is 12.5. The van der Waals surface area contributed by atoms with Crippen LogP contribution in [0, 0.1) is 0 Å². The maximum atomic E-state index is 10.3. The summed E-state index contributed by atoms with van der Waals surface area (Å²) in [5, 5.41) is 31.1. The van der Waals surface area contributed by atoms with Gasteiger partial charge in [-0.25, -0.2) is 0 Å². The SMILES string of the molecule is Cn1nnc(CC(C)(O)c2ccc(O)cc2)n1. The topological polar surface area (TPSA) is 84.1 Å². The largest absolute Gasteiger partial charge is 0.508 e. The summed E-state index contributed by atoms with van der Waals surface area (Å²) in [5.74, 6) is 0.646. The van der Waals surface area contributed by atoms with Gasteiger partial charge in [-0.2, -0.15) is 4.80 Å². The van der Waals surface area contributed by atoms with Gasteiger partial charge in [-0.05, 0) is 29.8 Å². The van der Waals surface area contributed by atoms with Crippen molar-refractivity contribution < 1.29 is 10.2 Å². The molecule has 0 spiro atoms. The number of benzene rings is 1. The lowest BCUT2D eigenvalue weighted by atomic mass is 9.92. The van der Waals surface area contributed by atoms with Crippen LogP contribution in [0.2, 0.25) is 0 Å². The Bertz CT molecular complexity index is 504. The van der Waals surface area contributed by atoms with Gasteiger partial charge in [0, 0.05) is 6.42 Å². The Hall–Kier alpha value is -1.95. The highest BCUT2D eigenvalue weighted by Crippen LogP contribution is 2.25. The Morgan fingerprint density at radius 3 is 2.47 bits per heavy atom. The van der Waals surface area contributed by atoms with Crippen LogP contribution >= 0.6 is 0 Å². The Morgan fingerprint density at radius 1 is 1.29 bits per heavy atom. The quantitative estimate of drug-likeness (QED) is 0.801. The van der Waals surface area contributed by atoms with Crippen LogP contribution in [0.5, 0.6) is 5.75 Å². The molecule has 1 unspecified atom stereocenters. The summed E-state index contributed by atoms with van der Waals surface area (Å²) in [7, 11) is 1.67. The molecule has 1 atom stereocenters. The highest BCUT2D eigenvalue weighted by Gasteiger charge is 2.25. The number of phenolic OH excluding ortho intramolecular Hbond substituents is 1. The van der Waals surface area contributed by atoms with E-state index in [0.29, 0.717) is 11.4 Å². The predicted octanol–water partition coefficient (Wildman–Crippen LogP) is 0.366. The van der Waals surface area contributed by atoms with Gasteiger partial charge in [-0.15, -0.1) is 10.2 Å². The van der Waals surface area contributed by atoms with Crippen LogP contribution in [-0.2, 0) is 19.1 Å². The average molecular weight is 234 g/mol. The zero-order valence-electron chi connectivity index (χ0n) is 9.70. The minimum atomic E-state index is -1.09. The predicted molar refractivity (Wildman–Crippen MR) is 60.2 cm³/mol. The van der Waals surface area contributed by atoms with E-state index in [1.54, 1.807) is 26.1 Å². The van der Waals surface area contributed by atoms with E-state index < -0.39 is 5.60 Å². The van der Waals surface area contributed by atoms with Gasteiger partial charge in [0.2, 0.25) is 0 Å². The lowest BCUT2D eigenvalue weighted by Crippen LogP contribution is -2.24. The summed E-state index contributed by atoms with van der Waals surface area (Å²) < 4.78 is 0. The van der Waals surface area contributed by atoms with Crippen molar-refractivity contribution in [3.63, 3.8) is 0 Å². The third kappa shape index (κ3) is 2.59. The van der Waals surface area contributed by atoms with Crippen LogP contribution in [0.4, 0.5) is 0 Å². The van der Waals surface area contributed by atoms with Crippen molar-refractivity contribution in [3.05, 3.63) is 35.7 Å². The second-order valence-corrected chi connectivity index (χ2v) is 4.19. The molecule has 2 rings (SSSR count). The number of nitrogens with zero attached hydrogens (tertiary/aromatic N) is 4. The second-order valence-electron chi connectivity index (χ2n) is 4.19. The molecule has 2 aromatic rings. The zero-order valence-corrected chi connectivity index (χ0v) is 9.70. The minimum Gasteiger partial charge on any atom is -0.508 e. The van der Waals surface area contributed by atoms with Crippen molar-refractivity contribution in [2.24, 2.45) is 7.05 Å². The molecule has 6 nitrogen and oxygen atoms in total. The lowest BCUT2D eigenvalue weighted by molar-refractivity contribution is 0.0553. The highest BCUT2D eigenvalue weighted by molar-refractivity contribution is 5.29. The van der Waals surface area contributed by atoms with E-state index in [2.05, 4.69) is 15.4 Å². The molecule has 0 aliphatic carbocycles. The standard InChI is InChI=1S/C11H14N4O2/c1-11(17,7-10-12-14-15(2)13-10)8-3-5-9(16)6-4-8/h3-6,16-17H,7H2,1-2H3. The normalized spacial score (nSPS) is 14.5. The highest BCUT2D eigenvalue weighted by atomic mass is 16.3. The molecule has 0 amide bonds. The number of phenols is 1. The molecular formula is C11H14N4O2. The van der Waals surface area contributed by atoms with Crippen LogP contribution in [-0.4, -0.2) is 30.4 Å². The average Bonchev–Trinajstić information content (AvgIpc) is 2.63. The first-order valence-corrected chi connectivity index (χ1v) is 5.22. The van der Waals surface area contributed by atoms with Gasteiger partial charge in [0.05, 0.1) is 12.6 Å². The molecule has 90 valence electrons. The van der Waals surface area contributed by atoms with E-state index in [-0.39, 0.29) is 12.2 Å². The first-order valence-electron chi connectivity index (χ1n) is 5.22. The summed E-state index contributed by atoms with van der Waals surface area (Å²) in [6, 6.07) is 6.42. The van der Waals surface area contributed by atoms with E-state index in [9.17, 15) is 10.2 Å². The fourth-order valence-electron chi connectivity index (χ4n) is 1.62. The fourth-order valence-corrected chi connectivity index (χ4v) is 1.62. The molecule has 0 aliphatic heterocycles. The van der Waals surface area contributed by atoms with Gasteiger partial charge in [0.25, 0.3) is 0 Å². The van der Waals surface area contributed by atoms with Crippen molar-refractivity contribution in [1.82, 2.24) is 20.2 Å². The molecule has 0 fully saturated rings. The molecule has 0 radical (unpaired) electrons. The summed E-state index contributed by atoms with van der Waals surface area (Å²) in [6.07, 6.45) is 0.269. The van der Waals surface area contributed by atoms with E-state index in [4.69, 9.17) is 0 Å². The van der Waals surface area contributed by atoms with Crippen LogP contribution in [0.3, 0.4) is 0 Å². The van der Waals surface area contributed by atoms with Gasteiger partial charge in [0.1, 0.15) is 5.75 Å². The van der Waals surface area contributed by atoms with E-state index >= 15 is 0 Å². The Morgan fingerprint density at radius 2 is 1.94 bits per heavy atom. The van der Waals surface area contributed by atoms with Crippen molar-refractivity contribution in [3.8, 4) is 5.75 Å². The Balaban J connectivity index is 2.21. The van der Waals surface area contributed by atoms with Crippen LogP contribution in [0.1, 0.15) is 18.3 Å². The molecule has 0 bridgehead atoms. The molecule has 6 heteroatoms. The number of aliphatic hydroxyl groups is 1. The molecule has 0 aliphatic rings. The smallest absolute Gasteiger partial charge is 0.178 e. The molecule has 17 heavy (non-hydrogen) atoms. The minimum absolute atomic E-state index is 0.169. The van der Waals surface area contributed by atoms with E-state index in [1.165, 1.54) is 16.9 Å². The van der Waals surface area contributed by atoms with Crippen LogP contribution in [0.25, 0.3) is 0 Å². The molecule has 1 heterocycles. The number of aryl methyl sites for hydroxylation is 1. The fraction of sp³-hybridized carbons (Fsp3) is 0.364. The molecule has 2 N–H and O–H groups in total. The third-order valence-corrected chi connectivity index (χ3v) is 2.54. The van der Waals surface area contributed by atoms with Crippen molar-refractivity contribution in [1.29, 1.82) is 0 Å². The molecule has 0 saturated heterocycles. The van der Waals surface area contributed by atoms with E-state index in [1.807, 2.05) is 0 Å². The third-order valence-electron chi connectivity index (χ3n) is 2.54. The number of hydrogen-bond donors (Lipinski definition) is 2. The molecule has 1 aromatic heterocycles. The number of aromatic nitrogens is 4. The molecule has 1 aromatic carbocycles. The molecule has 0 saturated carbocycles.